The summed E-state index contributed by atoms with van der Waals surface area (Å²) in [6.45, 7) is -0.286. The summed E-state index contributed by atoms with van der Waals surface area (Å²) in [5.74, 6) is 0.552. The number of halogens is 2. The fraction of sp³-hybridized carbons (Fsp3) is 0.278. The van der Waals surface area contributed by atoms with Gasteiger partial charge >= 0.3 is 0 Å². The minimum atomic E-state index is -0.435. The minimum Gasteiger partial charge on any atom is -0.379 e. The van der Waals surface area contributed by atoms with Gasteiger partial charge < -0.3 is 11.1 Å². The highest BCUT2D eigenvalue weighted by molar-refractivity contribution is 8.13. The van der Waals surface area contributed by atoms with Gasteiger partial charge in [0.1, 0.15) is 11.8 Å². The lowest BCUT2D eigenvalue weighted by molar-refractivity contribution is 0.102. The number of thioether (sulfide) groups is 1. The summed E-state index contributed by atoms with van der Waals surface area (Å²) in [7, 11) is 0. The van der Waals surface area contributed by atoms with Gasteiger partial charge in [-0.2, -0.15) is 5.26 Å². The first kappa shape index (κ1) is 21.6. The largest absolute Gasteiger partial charge is 0.379 e. The second-order valence-corrected chi connectivity index (χ2v) is 7.11. The van der Waals surface area contributed by atoms with Gasteiger partial charge in [0.15, 0.2) is 5.17 Å². The number of aliphatic imine (C=N–C) groups is 1. The molecule has 3 heterocycles. The molecular formula is C18H18ClFN6OS. The Kier molecular flexibility index (Phi) is 8.65. The van der Waals surface area contributed by atoms with Crippen LogP contribution in [0.1, 0.15) is 28.9 Å². The average molecular weight is 421 g/mol. The predicted molar refractivity (Wildman–Crippen MR) is 109 cm³/mol. The summed E-state index contributed by atoms with van der Waals surface area (Å²) < 4.78 is 11.8. The normalized spacial score (nSPS) is 15.5. The molecule has 3 N–H and O–H groups in total. The molecule has 0 aromatic carbocycles. The van der Waals surface area contributed by atoms with Crippen LogP contribution in [0.15, 0.2) is 41.8 Å². The lowest BCUT2D eigenvalue weighted by Crippen LogP contribution is -2.20. The Hall–Kier alpha value is -2.70. The summed E-state index contributed by atoms with van der Waals surface area (Å²) in [6, 6.07) is 6.74. The van der Waals surface area contributed by atoms with Crippen LogP contribution in [0.5, 0.6) is 0 Å². The molecule has 0 fully saturated rings. The molecular weight excluding hydrogens is 403 g/mol. The van der Waals surface area contributed by atoms with Crippen molar-refractivity contribution >= 4 is 40.1 Å². The van der Waals surface area contributed by atoms with Crippen molar-refractivity contribution in [3.8, 4) is 6.07 Å². The summed E-state index contributed by atoms with van der Waals surface area (Å²) >= 11 is 7.44. The highest BCUT2D eigenvalue weighted by Crippen LogP contribution is 2.17. The number of aromatic nitrogens is 2. The third-order valence-electron chi connectivity index (χ3n) is 3.58. The number of amides is 1. The molecule has 1 amide bonds. The summed E-state index contributed by atoms with van der Waals surface area (Å²) in [5.41, 5.74) is 6.42. The molecule has 1 aliphatic rings. The molecule has 1 unspecified atom stereocenters. The quantitative estimate of drug-likeness (QED) is 0.782. The second-order valence-electron chi connectivity index (χ2n) is 5.59. The molecule has 146 valence electrons. The molecule has 0 bridgehead atoms. The number of hydrogen-bond acceptors (Lipinski definition) is 7. The summed E-state index contributed by atoms with van der Waals surface area (Å²) in [4.78, 5) is 23.7. The van der Waals surface area contributed by atoms with Gasteiger partial charge in [0.25, 0.3) is 5.91 Å². The van der Waals surface area contributed by atoms with E-state index in [-0.39, 0.29) is 23.4 Å². The van der Waals surface area contributed by atoms with Gasteiger partial charge in [-0.3, -0.25) is 19.2 Å². The number of nitrogens with two attached hydrogens (primary N) is 1. The Morgan fingerprint density at radius 2 is 2.21 bits per heavy atom. The van der Waals surface area contributed by atoms with Gasteiger partial charge in [-0.05, 0) is 31.0 Å². The molecule has 0 radical (unpaired) electrons. The van der Waals surface area contributed by atoms with E-state index in [4.69, 9.17) is 22.6 Å². The van der Waals surface area contributed by atoms with Crippen molar-refractivity contribution < 1.29 is 9.18 Å². The number of pyridine rings is 2. The monoisotopic (exact) mass is 420 g/mol. The maximum Gasteiger partial charge on any atom is 0.275 e. The topological polar surface area (TPSA) is 117 Å². The molecule has 3 rings (SSSR count). The van der Waals surface area contributed by atoms with Crippen LogP contribution in [-0.2, 0) is 0 Å². The first-order valence-electron chi connectivity index (χ1n) is 8.32. The van der Waals surface area contributed by atoms with E-state index in [0.29, 0.717) is 22.8 Å². The Labute approximate surface area is 171 Å². The number of nitriles is 1. The van der Waals surface area contributed by atoms with Crippen LogP contribution in [-0.4, -0.2) is 39.5 Å². The number of carbonyl (C=O) groups excluding carboxylic acids is 1. The molecule has 2 aromatic heterocycles. The zero-order chi connectivity index (χ0) is 20.4. The van der Waals surface area contributed by atoms with E-state index in [1.807, 2.05) is 6.07 Å². The zero-order valence-electron chi connectivity index (χ0n) is 14.8. The fourth-order valence-corrected chi connectivity index (χ4v) is 3.28. The molecule has 7 nitrogen and oxygen atoms in total. The zero-order valence-corrected chi connectivity index (χ0v) is 16.4. The van der Waals surface area contributed by atoms with Crippen LogP contribution < -0.4 is 11.1 Å². The third kappa shape index (κ3) is 6.79. The Bertz CT molecular complexity index is 874. The molecule has 0 spiro atoms. The standard InChI is InChI=1S/C12H7ClN4O.C6H11FN2S/c13-10-5-8(6-14)7-16-11(10)12(18)17-9-1-3-15-4-2-9;7-3-1-5-2-4-10-6(8)9-5/h1-5,7H,(H,15,17,18);5H,1-4H2,(H2,8,9). The SMILES string of the molecule is N#Cc1cnc(C(=O)Nc2ccncc2)c(Cl)c1.NC1=NC(CCF)CCS1. The van der Waals surface area contributed by atoms with Gasteiger partial charge in [-0.1, -0.05) is 23.4 Å². The number of anilines is 1. The fourth-order valence-electron chi connectivity index (χ4n) is 2.21. The molecule has 2 aromatic rings. The van der Waals surface area contributed by atoms with Gasteiger partial charge in [0, 0.05) is 30.0 Å². The van der Waals surface area contributed by atoms with Gasteiger partial charge in [0.2, 0.25) is 0 Å². The molecule has 0 aliphatic carbocycles. The number of rotatable bonds is 4. The predicted octanol–water partition coefficient (Wildman–Crippen LogP) is 3.42. The first-order chi connectivity index (χ1) is 13.5. The molecule has 0 saturated carbocycles. The summed E-state index contributed by atoms with van der Waals surface area (Å²) in [5, 5.41) is 12.1. The van der Waals surface area contributed by atoms with Crippen molar-refractivity contribution in [2.24, 2.45) is 10.7 Å². The van der Waals surface area contributed by atoms with Gasteiger partial charge in [0.05, 0.1) is 23.3 Å². The van der Waals surface area contributed by atoms with Crippen molar-refractivity contribution in [3.05, 3.63) is 53.1 Å². The molecule has 1 atom stereocenters. The lowest BCUT2D eigenvalue weighted by Gasteiger charge is -2.15. The number of hydrogen-bond donors (Lipinski definition) is 2. The van der Waals surface area contributed by atoms with E-state index in [0.717, 1.165) is 12.2 Å². The van der Waals surface area contributed by atoms with Gasteiger partial charge in [-0.15, -0.1) is 0 Å². The maximum absolute atomic E-state index is 11.9. The average Bonchev–Trinajstić information content (AvgIpc) is 2.69. The van der Waals surface area contributed by atoms with Crippen molar-refractivity contribution in [1.29, 1.82) is 5.26 Å². The minimum absolute atomic E-state index is 0.0764. The highest BCUT2D eigenvalue weighted by atomic mass is 35.5. The number of amidine groups is 1. The van der Waals surface area contributed by atoms with Crippen LogP contribution in [0, 0.1) is 11.3 Å². The lowest BCUT2D eigenvalue weighted by atomic mass is 10.2. The van der Waals surface area contributed by atoms with E-state index in [2.05, 4.69) is 20.3 Å². The van der Waals surface area contributed by atoms with Crippen LogP contribution >= 0.6 is 23.4 Å². The van der Waals surface area contributed by atoms with Crippen LogP contribution in [0.3, 0.4) is 0 Å². The van der Waals surface area contributed by atoms with Crippen molar-refractivity contribution in [2.75, 3.05) is 17.7 Å². The molecule has 0 saturated heterocycles. The Morgan fingerprint density at radius 1 is 1.46 bits per heavy atom. The number of nitrogens with one attached hydrogen (secondary N) is 1. The Morgan fingerprint density at radius 3 is 2.82 bits per heavy atom. The number of carbonyl (C=O) groups is 1. The third-order valence-corrected chi connectivity index (χ3v) is 4.71. The van der Waals surface area contributed by atoms with E-state index in [1.54, 1.807) is 36.3 Å². The maximum atomic E-state index is 11.9. The van der Waals surface area contributed by atoms with Crippen LogP contribution in [0.4, 0.5) is 10.1 Å². The highest BCUT2D eigenvalue weighted by Gasteiger charge is 2.13. The Balaban J connectivity index is 0.000000237. The number of nitrogens with zero attached hydrogens (tertiary/aromatic N) is 4. The van der Waals surface area contributed by atoms with E-state index < -0.39 is 5.91 Å². The van der Waals surface area contributed by atoms with E-state index >= 15 is 0 Å². The summed E-state index contributed by atoms with van der Waals surface area (Å²) in [6.07, 6.45) is 5.91. The first-order valence-corrected chi connectivity index (χ1v) is 9.69. The van der Waals surface area contributed by atoms with Gasteiger partial charge in [-0.25, -0.2) is 4.98 Å². The number of alkyl halides is 1. The van der Waals surface area contributed by atoms with Crippen LogP contribution in [0.25, 0.3) is 0 Å². The molecule has 28 heavy (non-hydrogen) atoms. The van der Waals surface area contributed by atoms with Crippen molar-refractivity contribution in [2.45, 2.75) is 18.9 Å². The van der Waals surface area contributed by atoms with E-state index in [1.165, 1.54) is 12.3 Å². The molecule has 1 aliphatic heterocycles. The molecule has 10 heteroatoms. The second kappa shape index (κ2) is 11.2. The smallest absolute Gasteiger partial charge is 0.275 e. The van der Waals surface area contributed by atoms with E-state index in [9.17, 15) is 9.18 Å². The van der Waals surface area contributed by atoms with Crippen molar-refractivity contribution in [3.63, 3.8) is 0 Å². The van der Waals surface area contributed by atoms with Crippen LogP contribution in [0.2, 0.25) is 5.02 Å². The van der Waals surface area contributed by atoms with Crippen molar-refractivity contribution in [1.82, 2.24) is 9.97 Å².